The first-order valence-electron chi connectivity index (χ1n) is 5.45. The molecule has 1 aromatic carbocycles. The monoisotopic (exact) mass is 271 g/mol. The molecule has 0 fully saturated rings. The first-order valence-corrected chi connectivity index (χ1v) is 5.83. The highest BCUT2D eigenvalue weighted by atomic mass is 35.5. The van der Waals surface area contributed by atoms with Gasteiger partial charge in [-0.1, -0.05) is 18.2 Å². The van der Waals surface area contributed by atoms with Crippen molar-refractivity contribution in [2.75, 3.05) is 27.9 Å². The summed E-state index contributed by atoms with van der Waals surface area (Å²) in [5, 5.41) is 3.73. The highest BCUT2D eigenvalue weighted by molar-refractivity contribution is 6.29. The van der Waals surface area contributed by atoms with Gasteiger partial charge in [0.15, 0.2) is 11.5 Å². The van der Waals surface area contributed by atoms with E-state index >= 15 is 0 Å². The second-order valence-corrected chi connectivity index (χ2v) is 4.19. The third-order valence-electron chi connectivity index (χ3n) is 2.37. The highest BCUT2D eigenvalue weighted by Gasteiger charge is 2.12. The first-order chi connectivity index (χ1) is 8.62. The molecule has 0 spiro atoms. The summed E-state index contributed by atoms with van der Waals surface area (Å²) < 4.78 is 15.8. The van der Waals surface area contributed by atoms with Gasteiger partial charge in [-0.05, 0) is 17.7 Å². The number of hydrogen-bond donors (Lipinski definition) is 1. The van der Waals surface area contributed by atoms with Crippen LogP contribution in [0.3, 0.4) is 0 Å². The number of benzene rings is 1. The smallest absolute Gasteiger partial charge is 0.203 e. The predicted octanol–water partition coefficient (Wildman–Crippen LogP) is 2.55. The Kier molecular flexibility index (Phi) is 5.82. The van der Waals surface area contributed by atoms with Crippen molar-refractivity contribution in [1.82, 2.24) is 5.32 Å². The van der Waals surface area contributed by atoms with E-state index in [1.165, 1.54) is 0 Å². The standard InChI is InChI=1S/C13H18ClNO3/c1-9(14)7-15-8-10-5-11(16-2)13(18-4)12(6-10)17-3/h5-6,15H,1,7-8H2,2-4H3. The summed E-state index contributed by atoms with van der Waals surface area (Å²) in [6.45, 7) is 4.81. The molecule has 0 atom stereocenters. The number of hydrogen-bond acceptors (Lipinski definition) is 4. The minimum Gasteiger partial charge on any atom is -0.493 e. The zero-order chi connectivity index (χ0) is 13.5. The van der Waals surface area contributed by atoms with E-state index in [0.29, 0.717) is 35.4 Å². The Morgan fingerprint density at radius 1 is 1.17 bits per heavy atom. The Balaban J connectivity index is 2.89. The molecule has 0 unspecified atom stereocenters. The van der Waals surface area contributed by atoms with Gasteiger partial charge in [-0.3, -0.25) is 0 Å². The van der Waals surface area contributed by atoms with Crippen LogP contribution in [-0.2, 0) is 6.54 Å². The number of methoxy groups -OCH3 is 3. The zero-order valence-electron chi connectivity index (χ0n) is 10.9. The van der Waals surface area contributed by atoms with E-state index in [0.717, 1.165) is 5.56 Å². The van der Waals surface area contributed by atoms with Gasteiger partial charge < -0.3 is 19.5 Å². The molecule has 100 valence electrons. The maximum atomic E-state index is 5.68. The quantitative estimate of drug-likeness (QED) is 0.827. The molecule has 0 aliphatic carbocycles. The van der Waals surface area contributed by atoms with Gasteiger partial charge in [0.25, 0.3) is 0 Å². The molecule has 0 saturated carbocycles. The molecule has 1 rings (SSSR count). The van der Waals surface area contributed by atoms with E-state index in [1.807, 2.05) is 12.1 Å². The van der Waals surface area contributed by atoms with Gasteiger partial charge in [0, 0.05) is 18.1 Å². The maximum absolute atomic E-state index is 5.68. The average molecular weight is 272 g/mol. The second-order valence-electron chi connectivity index (χ2n) is 3.65. The van der Waals surface area contributed by atoms with Crippen molar-refractivity contribution in [1.29, 1.82) is 0 Å². The number of rotatable bonds is 7. The number of halogens is 1. The van der Waals surface area contributed by atoms with Crippen molar-refractivity contribution in [2.45, 2.75) is 6.54 Å². The predicted molar refractivity (Wildman–Crippen MR) is 72.8 cm³/mol. The molecule has 1 aromatic rings. The fraction of sp³-hybridized carbons (Fsp3) is 0.385. The summed E-state index contributed by atoms with van der Waals surface area (Å²) in [5.74, 6) is 1.86. The van der Waals surface area contributed by atoms with E-state index < -0.39 is 0 Å². The summed E-state index contributed by atoms with van der Waals surface area (Å²) in [4.78, 5) is 0. The lowest BCUT2D eigenvalue weighted by atomic mass is 10.2. The topological polar surface area (TPSA) is 39.7 Å². The second kappa shape index (κ2) is 7.13. The van der Waals surface area contributed by atoms with Crippen LogP contribution >= 0.6 is 11.6 Å². The average Bonchev–Trinajstić information content (AvgIpc) is 2.36. The van der Waals surface area contributed by atoms with Crippen LogP contribution in [0.5, 0.6) is 17.2 Å². The lowest BCUT2D eigenvalue weighted by molar-refractivity contribution is 0.323. The maximum Gasteiger partial charge on any atom is 0.203 e. The fourth-order valence-electron chi connectivity index (χ4n) is 1.58. The van der Waals surface area contributed by atoms with Crippen LogP contribution in [0.15, 0.2) is 23.7 Å². The minimum atomic E-state index is 0.554. The van der Waals surface area contributed by atoms with E-state index in [2.05, 4.69) is 11.9 Å². The summed E-state index contributed by atoms with van der Waals surface area (Å²) in [6, 6.07) is 3.79. The lowest BCUT2D eigenvalue weighted by Gasteiger charge is -2.14. The molecule has 0 radical (unpaired) electrons. The van der Waals surface area contributed by atoms with Crippen LogP contribution in [0.4, 0.5) is 0 Å². The SMILES string of the molecule is C=C(Cl)CNCc1cc(OC)c(OC)c(OC)c1. The van der Waals surface area contributed by atoms with Gasteiger partial charge in [-0.2, -0.15) is 0 Å². The normalized spacial score (nSPS) is 10.0. The largest absolute Gasteiger partial charge is 0.493 e. The fourth-order valence-corrected chi connectivity index (χ4v) is 1.67. The van der Waals surface area contributed by atoms with Gasteiger partial charge >= 0.3 is 0 Å². The summed E-state index contributed by atoms with van der Waals surface area (Å²) in [6.07, 6.45) is 0. The molecule has 0 aliphatic rings. The third-order valence-corrected chi connectivity index (χ3v) is 2.50. The van der Waals surface area contributed by atoms with Crippen LogP contribution in [0.25, 0.3) is 0 Å². The Hall–Kier alpha value is -1.39. The Morgan fingerprint density at radius 3 is 2.11 bits per heavy atom. The van der Waals surface area contributed by atoms with Crippen molar-refractivity contribution in [3.63, 3.8) is 0 Å². The molecule has 1 N–H and O–H groups in total. The van der Waals surface area contributed by atoms with Crippen LogP contribution in [0, 0.1) is 0 Å². The van der Waals surface area contributed by atoms with Crippen molar-refractivity contribution >= 4 is 11.6 Å². The first kappa shape index (κ1) is 14.7. The number of nitrogens with one attached hydrogen (secondary N) is 1. The minimum absolute atomic E-state index is 0.554. The molecule has 4 nitrogen and oxygen atoms in total. The van der Waals surface area contributed by atoms with Crippen LogP contribution in [-0.4, -0.2) is 27.9 Å². The van der Waals surface area contributed by atoms with E-state index in [1.54, 1.807) is 21.3 Å². The Labute approximate surface area is 112 Å². The van der Waals surface area contributed by atoms with E-state index in [9.17, 15) is 0 Å². The molecule has 0 aromatic heterocycles. The molecule has 0 amide bonds. The van der Waals surface area contributed by atoms with E-state index in [-0.39, 0.29) is 0 Å². The van der Waals surface area contributed by atoms with Gasteiger partial charge in [0.2, 0.25) is 5.75 Å². The third kappa shape index (κ3) is 3.82. The zero-order valence-corrected chi connectivity index (χ0v) is 11.6. The molecule has 0 saturated heterocycles. The molecule has 0 aliphatic heterocycles. The van der Waals surface area contributed by atoms with Gasteiger partial charge in [-0.15, -0.1) is 0 Å². The van der Waals surface area contributed by atoms with Crippen LogP contribution < -0.4 is 19.5 Å². The Bertz CT molecular complexity index is 396. The molecule has 0 heterocycles. The van der Waals surface area contributed by atoms with Gasteiger partial charge in [-0.25, -0.2) is 0 Å². The van der Waals surface area contributed by atoms with Crippen molar-refractivity contribution in [2.24, 2.45) is 0 Å². The Morgan fingerprint density at radius 2 is 1.72 bits per heavy atom. The summed E-state index contributed by atoms with van der Waals surface area (Å²) in [5.41, 5.74) is 1.02. The molecular weight excluding hydrogens is 254 g/mol. The van der Waals surface area contributed by atoms with Crippen molar-refractivity contribution in [3.05, 3.63) is 29.3 Å². The number of ether oxygens (including phenoxy) is 3. The summed E-state index contributed by atoms with van der Waals surface area (Å²) in [7, 11) is 4.76. The van der Waals surface area contributed by atoms with Crippen LogP contribution in [0.1, 0.15) is 5.56 Å². The van der Waals surface area contributed by atoms with Crippen LogP contribution in [0.2, 0.25) is 0 Å². The molecule has 0 bridgehead atoms. The van der Waals surface area contributed by atoms with Gasteiger partial charge in [0.05, 0.1) is 21.3 Å². The van der Waals surface area contributed by atoms with E-state index in [4.69, 9.17) is 25.8 Å². The summed E-state index contributed by atoms with van der Waals surface area (Å²) >= 11 is 5.68. The van der Waals surface area contributed by atoms with Crippen molar-refractivity contribution in [3.8, 4) is 17.2 Å². The molecule has 5 heteroatoms. The van der Waals surface area contributed by atoms with Crippen molar-refractivity contribution < 1.29 is 14.2 Å². The lowest BCUT2D eigenvalue weighted by Crippen LogP contribution is -2.14. The van der Waals surface area contributed by atoms with Gasteiger partial charge in [0.1, 0.15) is 0 Å². The molecular formula is C13H18ClNO3. The molecule has 18 heavy (non-hydrogen) atoms. The highest BCUT2D eigenvalue weighted by Crippen LogP contribution is 2.38.